The number of hydrogen-bond acceptors (Lipinski definition) is 3. The van der Waals surface area contributed by atoms with Crippen molar-refractivity contribution < 1.29 is 18.3 Å². The van der Waals surface area contributed by atoms with E-state index in [0.29, 0.717) is 0 Å². The van der Waals surface area contributed by atoms with Crippen molar-refractivity contribution in [2.45, 2.75) is 38.5 Å². The van der Waals surface area contributed by atoms with Gasteiger partial charge in [-0.15, -0.1) is 0 Å². The molecule has 1 heterocycles. The number of amides is 2. The van der Waals surface area contributed by atoms with Gasteiger partial charge in [0.15, 0.2) is 0 Å². The number of pyridine rings is 1. The van der Waals surface area contributed by atoms with Gasteiger partial charge in [-0.25, -0.2) is 4.79 Å². The third kappa shape index (κ3) is 4.23. The highest BCUT2D eigenvalue weighted by Crippen LogP contribution is 2.35. The van der Waals surface area contributed by atoms with Crippen LogP contribution in [0.5, 0.6) is 5.75 Å². The van der Waals surface area contributed by atoms with Gasteiger partial charge in [0.25, 0.3) is 0 Å². The van der Waals surface area contributed by atoms with E-state index in [9.17, 15) is 13.6 Å². The Bertz CT molecular complexity index is 723. The molecule has 5 nitrogen and oxygen atoms in total. The number of halogens is 2. The van der Waals surface area contributed by atoms with E-state index in [1.165, 1.54) is 12.1 Å². The highest BCUT2D eigenvalue weighted by Gasteiger charge is 2.36. The molecule has 1 unspecified atom stereocenters. The molecule has 1 aliphatic rings. The van der Waals surface area contributed by atoms with Gasteiger partial charge >= 0.3 is 12.6 Å². The van der Waals surface area contributed by atoms with E-state index in [-0.39, 0.29) is 29.6 Å². The van der Waals surface area contributed by atoms with E-state index in [2.05, 4.69) is 15.0 Å². The second-order valence-corrected chi connectivity index (χ2v) is 5.91. The molecule has 0 saturated heterocycles. The number of alkyl halides is 2. The largest absolute Gasteiger partial charge is 0.433 e. The summed E-state index contributed by atoms with van der Waals surface area (Å²) in [6.07, 6.45) is 5.25. The van der Waals surface area contributed by atoms with Gasteiger partial charge < -0.3 is 15.0 Å². The number of ether oxygens (including phenoxy) is 1. The van der Waals surface area contributed by atoms with Crippen molar-refractivity contribution in [3.05, 3.63) is 54.4 Å². The Kier molecular flexibility index (Phi) is 5.11. The van der Waals surface area contributed by atoms with Gasteiger partial charge in [-0.1, -0.05) is 18.2 Å². The van der Waals surface area contributed by atoms with Gasteiger partial charge in [-0.05, 0) is 43.5 Å². The summed E-state index contributed by atoms with van der Waals surface area (Å²) in [5, 5.41) is 2.70. The van der Waals surface area contributed by atoms with Gasteiger partial charge in [0.2, 0.25) is 0 Å². The second-order valence-electron chi connectivity index (χ2n) is 5.91. The molecule has 0 radical (unpaired) electrons. The summed E-state index contributed by atoms with van der Waals surface area (Å²) in [5.41, 5.74) is 1.14. The second kappa shape index (κ2) is 7.46. The quantitative estimate of drug-likeness (QED) is 0.840. The van der Waals surface area contributed by atoms with Crippen molar-refractivity contribution in [1.82, 2.24) is 9.88 Å². The summed E-state index contributed by atoms with van der Waals surface area (Å²) in [4.78, 5) is 18.6. The number of nitrogens with one attached hydrogen (secondary N) is 1. The number of para-hydroxylation sites is 2. The molecule has 3 rings (SSSR count). The van der Waals surface area contributed by atoms with E-state index in [1.807, 2.05) is 19.1 Å². The van der Waals surface area contributed by atoms with Crippen LogP contribution in [0.2, 0.25) is 0 Å². The summed E-state index contributed by atoms with van der Waals surface area (Å²) < 4.78 is 29.5. The van der Waals surface area contributed by atoms with Crippen LogP contribution in [0.1, 0.15) is 31.4 Å². The lowest BCUT2D eigenvalue weighted by atomic mass is 10.1. The Balaban J connectivity index is 1.79. The molecule has 2 amide bonds. The van der Waals surface area contributed by atoms with Crippen LogP contribution in [0.3, 0.4) is 0 Å². The molecular weight excluding hydrogens is 328 g/mol. The van der Waals surface area contributed by atoms with Gasteiger partial charge in [0, 0.05) is 18.4 Å². The first-order valence-corrected chi connectivity index (χ1v) is 8.09. The molecule has 0 spiro atoms. The zero-order valence-corrected chi connectivity index (χ0v) is 13.7. The van der Waals surface area contributed by atoms with E-state index in [4.69, 9.17) is 0 Å². The number of hydrogen-bond donors (Lipinski definition) is 1. The molecule has 1 fully saturated rings. The number of anilines is 1. The average Bonchev–Trinajstić information content (AvgIpc) is 3.42. The number of carbonyl (C=O) groups excluding carboxylic acids is 1. The van der Waals surface area contributed by atoms with Gasteiger partial charge in [0.1, 0.15) is 5.75 Å². The minimum absolute atomic E-state index is 0.0596. The van der Waals surface area contributed by atoms with E-state index < -0.39 is 6.61 Å². The fourth-order valence-corrected chi connectivity index (χ4v) is 2.74. The summed E-state index contributed by atoms with van der Waals surface area (Å²) in [6.45, 7) is -1.02. The smallest absolute Gasteiger partial charge is 0.387 e. The van der Waals surface area contributed by atoms with Crippen LogP contribution >= 0.6 is 0 Å². The normalized spacial score (nSPS) is 14.9. The molecule has 1 N–H and O–H groups in total. The Labute approximate surface area is 144 Å². The standard InChI is InChI=1S/C18H19F2N3O2/c1-12(13-5-4-10-21-11-13)23(14-8-9-14)18(24)22-15-6-2-3-7-16(15)25-17(19)20/h2-7,10-12,14,17H,8-9H2,1H3,(H,22,24). The first-order chi connectivity index (χ1) is 12.1. The summed E-state index contributed by atoms with van der Waals surface area (Å²) in [5.74, 6) is -0.0596. The van der Waals surface area contributed by atoms with Gasteiger partial charge in [-0.3, -0.25) is 4.98 Å². The number of nitrogens with zero attached hydrogens (tertiary/aromatic N) is 2. The van der Waals surface area contributed by atoms with E-state index >= 15 is 0 Å². The minimum Gasteiger partial charge on any atom is -0.433 e. The monoisotopic (exact) mass is 347 g/mol. The summed E-state index contributed by atoms with van der Waals surface area (Å²) in [6, 6.07) is 9.51. The van der Waals surface area contributed by atoms with Crippen LogP contribution in [-0.4, -0.2) is 28.6 Å². The highest BCUT2D eigenvalue weighted by atomic mass is 19.3. The fourth-order valence-electron chi connectivity index (χ4n) is 2.74. The van der Waals surface area contributed by atoms with Gasteiger partial charge in [-0.2, -0.15) is 8.78 Å². The third-order valence-corrected chi connectivity index (χ3v) is 4.10. The average molecular weight is 347 g/mol. The number of carbonyl (C=O) groups is 1. The number of urea groups is 1. The predicted octanol–water partition coefficient (Wildman–Crippen LogP) is 4.44. The lowest BCUT2D eigenvalue weighted by molar-refractivity contribution is -0.0493. The third-order valence-electron chi connectivity index (χ3n) is 4.10. The lowest BCUT2D eigenvalue weighted by Gasteiger charge is -2.30. The van der Waals surface area contributed by atoms with Crippen LogP contribution in [0.25, 0.3) is 0 Å². The Morgan fingerprint density at radius 2 is 2.04 bits per heavy atom. The first-order valence-electron chi connectivity index (χ1n) is 8.09. The Morgan fingerprint density at radius 3 is 2.68 bits per heavy atom. The maximum Gasteiger partial charge on any atom is 0.387 e. The summed E-state index contributed by atoms with van der Waals surface area (Å²) >= 11 is 0. The molecule has 1 aromatic heterocycles. The van der Waals surface area contributed by atoms with Crippen molar-refractivity contribution in [3.63, 3.8) is 0 Å². The zero-order chi connectivity index (χ0) is 17.8. The van der Waals surface area contributed by atoms with Gasteiger partial charge in [0.05, 0.1) is 11.7 Å². The Hall–Kier alpha value is -2.70. The minimum atomic E-state index is -2.95. The lowest BCUT2D eigenvalue weighted by Crippen LogP contribution is -2.38. The number of rotatable bonds is 6. The summed E-state index contributed by atoms with van der Waals surface area (Å²) in [7, 11) is 0. The van der Waals surface area contributed by atoms with Crippen molar-refractivity contribution in [1.29, 1.82) is 0 Å². The molecule has 0 aliphatic heterocycles. The van der Waals surface area contributed by atoms with E-state index in [0.717, 1.165) is 18.4 Å². The number of aromatic nitrogens is 1. The molecular formula is C18H19F2N3O2. The van der Waals surface area contributed by atoms with Crippen molar-refractivity contribution >= 4 is 11.7 Å². The van der Waals surface area contributed by atoms with Crippen LogP contribution in [0, 0.1) is 0 Å². The molecule has 1 aromatic carbocycles. The van der Waals surface area contributed by atoms with Crippen LogP contribution in [-0.2, 0) is 0 Å². The zero-order valence-electron chi connectivity index (χ0n) is 13.7. The van der Waals surface area contributed by atoms with Crippen LogP contribution in [0.4, 0.5) is 19.3 Å². The SMILES string of the molecule is CC(c1cccnc1)N(C(=O)Nc1ccccc1OC(F)F)C1CC1. The molecule has 25 heavy (non-hydrogen) atoms. The molecule has 2 aromatic rings. The van der Waals surface area contributed by atoms with Crippen molar-refractivity contribution in [2.75, 3.05) is 5.32 Å². The predicted molar refractivity (Wildman–Crippen MR) is 89.6 cm³/mol. The molecule has 0 bridgehead atoms. The maximum atomic E-state index is 12.8. The molecule has 1 atom stereocenters. The molecule has 132 valence electrons. The Morgan fingerprint density at radius 1 is 1.28 bits per heavy atom. The number of benzene rings is 1. The van der Waals surface area contributed by atoms with E-state index in [1.54, 1.807) is 29.4 Å². The fraction of sp³-hybridized carbons (Fsp3) is 0.333. The van der Waals surface area contributed by atoms with Crippen molar-refractivity contribution in [2.24, 2.45) is 0 Å². The molecule has 7 heteroatoms. The van der Waals surface area contributed by atoms with Crippen molar-refractivity contribution in [3.8, 4) is 5.75 Å². The topological polar surface area (TPSA) is 54.5 Å². The van der Waals surface area contributed by atoms with Crippen LogP contribution < -0.4 is 10.1 Å². The maximum absolute atomic E-state index is 12.8. The first kappa shape index (κ1) is 17.1. The molecule has 1 aliphatic carbocycles. The molecule has 1 saturated carbocycles. The van der Waals surface area contributed by atoms with Crippen LogP contribution in [0.15, 0.2) is 48.8 Å². The highest BCUT2D eigenvalue weighted by molar-refractivity contribution is 5.91.